The molecular weight excluding hydrogens is 373 g/mol. The zero-order valence-electron chi connectivity index (χ0n) is 13.2. The third-order valence-corrected chi connectivity index (χ3v) is 4.52. The molecule has 0 unspecified atom stereocenters. The Morgan fingerprint density at radius 1 is 1.27 bits per heavy atom. The van der Waals surface area contributed by atoms with Crippen molar-refractivity contribution < 1.29 is 22.8 Å². The van der Waals surface area contributed by atoms with Gasteiger partial charge in [0.1, 0.15) is 5.75 Å². The van der Waals surface area contributed by atoms with Gasteiger partial charge in [0.25, 0.3) is 5.69 Å². The molecule has 2 heterocycles. The zero-order chi connectivity index (χ0) is 18.9. The average molecular weight is 384 g/mol. The Balaban J connectivity index is 1.90. The van der Waals surface area contributed by atoms with E-state index in [2.05, 4.69) is 10.2 Å². The molecule has 0 atom stereocenters. The van der Waals surface area contributed by atoms with Crippen molar-refractivity contribution in [3.8, 4) is 5.75 Å². The smallest absolute Gasteiger partial charge is 0.417 e. The molecule has 0 fully saturated rings. The molecule has 0 radical (unpaired) electrons. The number of benzene rings is 1. The third kappa shape index (κ3) is 3.57. The van der Waals surface area contributed by atoms with Gasteiger partial charge in [-0.05, 0) is 18.2 Å². The maximum atomic E-state index is 12.9. The van der Waals surface area contributed by atoms with Crippen LogP contribution < -0.4 is 4.74 Å². The Hall–Kier alpha value is -2.82. The molecule has 26 heavy (non-hydrogen) atoms. The lowest BCUT2D eigenvalue weighted by atomic mass is 10.2. The van der Waals surface area contributed by atoms with Crippen molar-refractivity contribution in [3.63, 3.8) is 0 Å². The number of nitrogens with zero attached hydrogens (tertiary/aromatic N) is 4. The van der Waals surface area contributed by atoms with Crippen LogP contribution in [0, 0.1) is 10.1 Å². The highest BCUT2D eigenvalue weighted by molar-refractivity contribution is 7.98. The number of alkyl halides is 3. The molecule has 0 spiro atoms. The molecule has 7 nitrogen and oxygen atoms in total. The molecule has 136 valence electrons. The number of hydrogen-bond donors (Lipinski definition) is 0. The van der Waals surface area contributed by atoms with Crippen molar-refractivity contribution in [1.29, 1.82) is 0 Å². The predicted molar refractivity (Wildman–Crippen MR) is 87.2 cm³/mol. The topological polar surface area (TPSA) is 82.6 Å². The van der Waals surface area contributed by atoms with Gasteiger partial charge >= 0.3 is 6.18 Å². The minimum atomic E-state index is -4.48. The molecule has 1 aromatic carbocycles. The van der Waals surface area contributed by atoms with Crippen LogP contribution in [0.2, 0.25) is 0 Å². The van der Waals surface area contributed by atoms with Gasteiger partial charge in [0.15, 0.2) is 10.8 Å². The molecule has 0 bridgehead atoms. The van der Waals surface area contributed by atoms with Crippen molar-refractivity contribution in [2.45, 2.75) is 17.1 Å². The first kappa shape index (κ1) is 18.0. The second kappa shape index (κ2) is 6.83. The van der Waals surface area contributed by atoms with Gasteiger partial charge < -0.3 is 4.74 Å². The van der Waals surface area contributed by atoms with Gasteiger partial charge in [0.05, 0.1) is 17.6 Å². The van der Waals surface area contributed by atoms with E-state index in [1.165, 1.54) is 35.8 Å². The molecule has 0 saturated carbocycles. The largest absolute Gasteiger partial charge is 0.496 e. The van der Waals surface area contributed by atoms with E-state index in [1.54, 1.807) is 0 Å². The number of aromatic nitrogens is 3. The number of rotatable bonds is 5. The third-order valence-electron chi connectivity index (χ3n) is 3.53. The van der Waals surface area contributed by atoms with E-state index < -0.39 is 16.7 Å². The number of non-ortho nitro benzene ring substituents is 1. The van der Waals surface area contributed by atoms with Crippen LogP contribution in [0.1, 0.15) is 11.1 Å². The van der Waals surface area contributed by atoms with Crippen molar-refractivity contribution in [2.75, 3.05) is 7.11 Å². The fourth-order valence-corrected chi connectivity index (χ4v) is 3.16. The fourth-order valence-electron chi connectivity index (χ4n) is 2.27. The number of ether oxygens (including phenoxy) is 1. The minimum Gasteiger partial charge on any atom is -0.496 e. The normalized spacial score (nSPS) is 11.7. The van der Waals surface area contributed by atoms with Gasteiger partial charge in [-0.2, -0.15) is 13.2 Å². The van der Waals surface area contributed by atoms with Crippen LogP contribution in [0.4, 0.5) is 18.9 Å². The quantitative estimate of drug-likeness (QED) is 0.376. The molecule has 2 aromatic heterocycles. The minimum absolute atomic E-state index is 0.105. The first-order chi connectivity index (χ1) is 12.3. The van der Waals surface area contributed by atoms with Gasteiger partial charge in [-0.1, -0.05) is 11.8 Å². The summed E-state index contributed by atoms with van der Waals surface area (Å²) in [4.78, 5) is 10.4. The Kier molecular flexibility index (Phi) is 4.72. The average Bonchev–Trinajstić information content (AvgIpc) is 3.01. The number of hydrogen-bond acceptors (Lipinski definition) is 6. The Morgan fingerprint density at radius 3 is 2.69 bits per heavy atom. The Morgan fingerprint density at radius 2 is 2.04 bits per heavy atom. The maximum Gasteiger partial charge on any atom is 0.417 e. The number of methoxy groups -OCH3 is 1. The van der Waals surface area contributed by atoms with E-state index in [-0.39, 0.29) is 22.2 Å². The summed E-state index contributed by atoms with van der Waals surface area (Å²) in [6, 6.07) is 6.30. The molecule has 0 aliphatic carbocycles. The van der Waals surface area contributed by atoms with Crippen LogP contribution in [0.3, 0.4) is 0 Å². The summed E-state index contributed by atoms with van der Waals surface area (Å²) >= 11 is 1.10. The molecule has 0 saturated heterocycles. The first-order valence-electron chi connectivity index (χ1n) is 7.15. The van der Waals surface area contributed by atoms with Crippen LogP contribution in [-0.2, 0) is 11.9 Å². The number of fused-ring (bicyclic) bond motifs is 1. The highest BCUT2D eigenvalue weighted by Gasteiger charge is 2.31. The summed E-state index contributed by atoms with van der Waals surface area (Å²) in [5.41, 5.74) is -0.131. The number of nitro benzene ring substituents is 1. The number of nitro groups is 1. The standard InChI is InChI=1S/C15H11F3N4O3S/c1-25-12-4-3-11(22(23)24)6-9(12)8-26-14-20-19-13-5-2-10(7-21(13)14)15(16,17)18/h2-7H,8H2,1H3. The lowest BCUT2D eigenvalue weighted by Crippen LogP contribution is -2.06. The van der Waals surface area contributed by atoms with Gasteiger partial charge in [-0.25, -0.2) is 0 Å². The molecule has 0 N–H and O–H groups in total. The van der Waals surface area contributed by atoms with Crippen LogP contribution in [0.25, 0.3) is 5.65 Å². The molecule has 0 aliphatic rings. The van der Waals surface area contributed by atoms with Gasteiger partial charge in [0.2, 0.25) is 0 Å². The SMILES string of the molecule is COc1ccc([N+](=O)[O-])cc1CSc1nnc2ccc(C(F)(F)F)cn12. The van der Waals surface area contributed by atoms with Gasteiger partial charge in [0, 0.05) is 29.6 Å². The predicted octanol–water partition coefficient (Wildman–Crippen LogP) is 3.96. The lowest BCUT2D eigenvalue weighted by Gasteiger charge is -2.09. The summed E-state index contributed by atoms with van der Waals surface area (Å²) in [6.45, 7) is 0. The number of pyridine rings is 1. The van der Waals surface area contributed by atoms with Crippen LogP contribution in [0.5, 0.6) is 5.75 Å². The maximum absolute atomic E-state index is 12.9. The summed E-state index contributed by atoms with van der Waals surface area (Å²) in [7, 11) is 1.43. The molecule has 3 aromatic rings. The van der Waals surface area contributed by atoms with Crippen molar-refractivity contribution in [2.24, 2.45) is 0 Å². The molecular formula is C15H11F3N4O3S. The highest BCUT2D eigenvalue weighted by Crippen LogP contribution is 2.32. The van der Waals surface area contributed by atoms with Gasteiger partial charge in [-0.15, -0.1) is 10.2 Å². The lowest BCUT2D eigenvalue weighted by molar-refractivity contribution is -0.384. The number of halogens is 3. The zero-order valence-corrected chi connectivity index (χ0v) is 14.0. The first-order valence-corrected chi connectivity index (χ1v) is 8.14. The van der Waals surface area contributed by atoms with E-state index in [1.807, 2.05) is 0 Å². The second-order valence-corrected chi connectivity index (χ2v) is 6.11. The van der Waals surface area contributed by atoms with E-state index >= 15 is 0 Å². The fraction of sp³-hybridized carbons (Fsp3) is 0.200. The van der Waals surface area contributed by atoms with E-state index in [9.17, 15) is 23.3 Å². The second-order valence-electron chi connectivity index (χ2n) is 5.17. The molecule has 0 amide bonds. The van der Waals surface area contributed by atoms with Gasteiger partial charge in [-0.3, -0.25) is 14.5 Å². The monoisotopic (exact) mass is 384 g/mol. The van der Waals surface area contributed by atoms with Crippen LogP contribution in [-0.4, -0.2) is 26.6 Å². The molecule has 11 heteroatoms. The summed E-state index contributed by atoms with van der Waals surface area (Å²) < 4.78 is 45.1. The van der Waals surface area contributed by atoms with E-state index in [0.29, 0.717) is 11.3 Å². The van der Waals surface area contributed by atoms with Crippen LogP contribution >= 0.6 is 11.8 Å². The van der Waals surface area contributed by atoms with Crippen molar-refractivity contribution in [3.05, 3.63) is 57.8 Å². The van der Waals surface area contributed by atoms with Crippen molar-refractivity contribution >= 4 is 23.1 Å². The summed E-state index contributed by atoms with van der Waals surface area (Å²) in [6.07, 6.45) is -3.56. The van der Waals surface area contributed by atoms with Crippen molar-refractivity contribution in [1.82, 2.24) is 14.6 Å². The van der Waals surface area contributed by atoms with Crippen LogP contribution in [0.15, 0.2) is 41.7 Å². The van der Waals surface area contributed by atoms with E-state index in [4.69, 9.17) is 4.74 Å². The summed E-state index contributed by atoms with van der Waals surface area (Å²) in [5, 5.41) is 18.9. The Bertz CT molecular complexity index is 974. The molecule has 3 rings (SSSR count). The van der Waals surface area contributed by atoms with E-state index in [0.717, 1.165) is 24.0 Å². The highest BCUT2D eigenvalue weighted by atomic mass is 32.2. The molecule has 0 aliphatic heterocycles. The summed E-state index contributed by atoms with van der Waals surface area (Å²) in [5.74, 6) is 0.648. The number of thioether (sulfide) groups is 1. The Labute approximate surface area is 148 Å².